The van der Waals surface area contributed by atoms with Gasteiger partial charge in [0, 0.05) is 17.2 Å². The molecule has 0 bridgehead atoms. The summed E-state index contributed by atoms with van der Waals surface area (Å²) in [5.41, 5.74) is 5.09. The highest BCUT2D eigenvalue weighted by atomic mass is 28.3. The fourth-order valence-electron chi connectivity index (χ4n) is 1.79. The molecule has 2 aromatic carbocycles. The second-order valence-electron chi connectivity index (χ2n) is 6.11. The van der Waals surface area contributed by atoms with E-state index >= 15 is 0 Å². The zero-order valence-electron chi connectivity index (χ0n) is 13.4. The minimum absolute atomic E-state index is 0.00388. The third kappa shape index (κ3) is 5.14. The predicted octanol–water partition coefficient (Wildman–Crippen LogP) is 4.22. The van der Waals surface area contributed by atoms with Crippen LogP contribution in [0, 0.1) is 33.4 Å². The molecule has 0 spiro atoms. The lowest BCUT2D eigenvalue weighted by molar-refractivity contribution is -0.385. The van der Waals surface area contributed by atoms with Gasteiger partial charge in [0.2, 0.25) is 0 Å². The van der Waals surface area contributed by atoms with Gasteiger partial charge in [-0.1, -0.05) is 55.6 Å². The van der Waals surface area contributed by atoms with E-state index in [1.54, 1.807) is 12.1 Å². The van der Waals surface area contributed by atoms with Gasteiger partial charge in [-0.15, -0.1) is 5.54 Å². The van der Waals surface area contributed by atoms with Crippen molar-refractivity contribution in [3.8, 4) is 23.3 Å². The summed E-state index contributed by atoms with van der Waals surface area (Å²) >= 11 is 0. The summed E-state index contributed by atoms with van der Waals surface area (Å²) in [5.74, 6) is 8.87. The van der Waals surface area contributed by atoms with E-state index in [1.165, 1.54) is 6.07 Å². The van der Waals surface area contributed by atoms with Crippen molar-refractivity contribution in [2.45, 2.75) is 19.6 Å². The maximum Gasteiger partial charge on any atom is 0.286 e. The van der Waals surface area contributed by atoms with E-state index in [9.17, 15) is 10.1 Å². The van der Waals surface area contributed by atoms with Crippen LogP contribution in [0.4, 0.5) is 5.69 Å². The van der Waals surface area contributed by atoms with Gasteiger partial charge < -0.3 is 0 Å². The summed E-state index contributed by atoms with van der Waals surface area (Å²) in [4.78, 5) is 10.9. The molecule has 0 aliphatic rings. The minimum Gasteiger partial charge on any atom is -0.258 e. The van der Waals surface area contributed by atoms with Crippen LogP contribution in [0.3, 0.4) is 0 Å². The Morgan fingerprint density at radius 1 is 0.913 bits per heavy atom. The van der Waals surface area contributed by atoms with Crippen molar-refractivity contribution in [3.63, 3.8) is 0 Å². The van der Waals surface area contributed by atoms with Crippen molar-refractivity contribution in [3.05, 3.63) is 75.3 Å². The molecule has 0 aliphatic carbocycles. The average Bonchev–Trinajstić information content (AvgIpc) is 2.51. The number of rotatable bonds is 1. The van der Waals surface area contributed by atoms with Crippen LogP contribution in [0.5, 0.6) is 0 Å². The molecule has 0 aromatic heterocycles. The Balaban J connectivity index is 2.40. The summed E-state index contributed by atoms with van der Waals surface area (Å²) < 4.78 is 0. The number of hydrogen-bond acceptors (Lipinski definition) is 2. The summed E-state index contributed by atoms with van der Waals surface area (Å²) in [6, 6.07) is 14.4. The zero-order valence-corrected chi connectivity index (χ0v) is 14.4. The molecule has 0 saturated heterocycles. The molecular weight excluding hydrogens is 302 g/mol. The Morgan fingerprint density at radius 2 is 1.61 bits per heavy atom. The summed E-state index contributed by atoms with van der Waals surface area (Å²) in [6.45, 7) is 6.40. The Kier molecular flexibility index (Phi) is 5.01. The molecule has 0 atom stereocenters. The van der Waals surface area contributed by atoms with Gasteiger partial charge in [0.25, 0.3) is 5.69 Å². The molecule has 23 heavy (non-hydrogen) atoms. The number of nitrogens with zero attached hydrogens (tertiary/aromatic N) is 1. The second kappa shape index (κ2) is 6.96. The molecular formula is C19H17NO2Si. The number of nitro groups is 1. The second-order valence-corrected chi connectivity index (χ2v) is 10.9. The molecule has 0 radical (unpaired) electrons. The Bertz CT molecular complexity index is 844. The van der Waals surface area contributed by atoms with Gasteiger partial charge >= 0.3 is 0 Å². The number of benzene rings is 2. The van der Waals surface area contributed by atoms with Crippen molar-refractivity contribution in [1.29, 1.82) is 0 Å². The normalized spacial score (nSPS) is 10.0. The van der Waals surface area contributed by atoms with E-state index in [4.69, 9.17) is 0 Å². The summed E-state index contributed by atoms with van der Waals surface area (Å²) in [7, 11) is -1.52. The van der Waals surface area contributed by atoms with Gasteiger partial charge in [-0.05, 0) is 24.3 Å². The SMILES string of the molecule is C[Si](C)(C)C#Cc1ccc(C#Cc2ccccc2)c([N+](=O)[O-])c1. The number of nitro benzene ring substituents is 1. The standard InChI is InChI=1S/C19H17NO2Si/c1-23(2,3)14-13-17-10-12-18(19(15-17)20(21)22)11-9-16-7-5-4-6-8-16/h4-8,10,12,15H,1-3H3. The Labute approximate surface area is 137 Å². The maximum absolute atomic E-state index is 11.3. The van der Waals surface area contributed by atoms with Gasteiger partial charge in [0.05, 0.1) is 4.92 Å². The molecule has 0 saturated carbocycles. The Morgan fingerprint density at radius 3 is 2.22 bits per heavy atom. The first-order chi connectivity index (χ1) is 10.8. The molecule has 0 amide bonds. The van der Waals surface area contributed by atoms with Crippen molar-refractivity contribution in [1.82, 2.24) is 0 Å². The van der Waals surface area contributed by atoms with E-state index in [2.05, 4.69) is 42.9 Å². The topological polar surface area (TPSA) is 43.1 Å². The highest BCUT2D eigenvalue weighted by Gasteiger charge is 2.13. The van der Waals surface area contributed by atoms with E-state index in [0.29, 0.717) is 11.1 Å². The largest absolute Gasteiger partial charge is 0.286 e. The van der Waals surface area contributed by atoms with Crippen LogP contribution in [-0.4, -0.2) is 13.0 Å². The van der Waals surface area contributed by atoms with E-state index < -0.39 is 13.0 Å². The fraction of sp³-hybridized carbons (Fsp3) is 0.158. The van der Waals surface area contributed by atoms with Gasteiger partial charge in [-0.25, -0.2) is 0 Å². The van der Waals surface area contributed by atoms with Gasteiger partial charge in [-0.2, -0.15) is 0 Å². The Hall–Kier alpha value is -2.82. The maximum atomic E-state index is 11.3. The molecule has 4 heteroatoms. The fourth-order valence-corrected chi connectivity index (χ4v) is 2.31. The highest BCUT2D eigenvalue weighted by Crippen LogP contribution is 2.19. The van der Waals surface area contributed by atoms with Gasteiger partial charge in [-0.3, -0.25) is 10.1 Å². The number of hydrogen-bond donors (Lipinski definition) is 0. The van der Waals surface area contributed by atoms with Crippen molar-refractivity contribution in [2.24, 2.45) is 0 Å². The third-order valence-corrected chi connectivity index (χ3v) is 3.77. The van der Waals surface area contributed by atoms with E-state index in [-0.39, 0.29) is 5.69 Å². The monoisotopic (exact) mass is 319 g/mol. The molecule has 0 unspecified atom stereocenters. The molecule has 3 nitrogen and oxygen atoms in total. The van der Waals surface area contributed by atoms with Crippen LogP contribution >= 0.6 is 0 Å². The van der Waals surface area contributed by atoms with Gasteiger partial charge in [0.15, 0.2) is 0 Å². The van der Waals surface area contributed by atoms with Crippen molar-refractivity contribution in [2.75, 3.05) is 0 Å². The summed E-state index contributed by atoms with van der Waals surface area (Å²) in [5, 5.41) is 11.3. The lowest BCUT2D eigenvalue weighted by atomic mass is 10.1. The lowest BCUT2D eigenvalue weighted by Crippen LogP contribution is -2.16. The molecule has 0 fully saturated rings. The first-order valence-electron chi connectivity index (χ1n) is 7.24. The summed E-state index contributed by atoms with van der Waals surface area (Å²) in [6.07, 6.45) is 0. The first-order valence-corrected chi connectivity index (χ1v) is 10.7. The van der Waals surface area contributed by atoms with Gasteiger partial charge in [0.1, 0.15) is 13.6 Å². The molecule has 2 aromatic rings. The van der Waals surface area contributed by atoms with Crippen LogP contribution in [0.2, 0.25) is 19.6 Å². The first kappa shape index (κ1) is 16.5. The molecule has 114 valence electrons. The third-order valence-electron chi connectivity index (χ3n) is 2.89. The molecule has 0 heterocycles. The van der Waals surface area contributed by atoms with Crippen LogP contribution in [0.15, 0.2) is 48.5 Å². The highest BCUT2D eigenvalue weighted by molar-refractivity contribution is 6.83. The zero-order chi connectivity index (χ0) is 16.9. The molecule has 2 rings (SSSR count). The van der Waals surface area contributed by atoms with Crippen LogP contribution in [0.25, 0.3) is 0 Å². The van der Waals surface area contributed by atoms with E-state index in [0.717, 1.165) is 5.56 Å². The van der Waals surface area contributed by atoms with Crippen LogP contribution < -0.4 is 0 Å². The van der Waals surface area contributed by atoms with E-state index in [1.807, 2.05) is 30.3 Å². The van der Waals surface area contributed by atoms with Crippen LogP contribution in [0.1, 0.15) is 16.7 Å². The average molecular weight is 319 g/mol. The van der Waals surface area contributed by atoms with Crippen molar-refractivity contribution < 1.29 is 4.92 Å². The smallest absolute Gasteiger partial charge is 0.258 e. The quantitative estimate of drug-likeness (QED) is 0.342. The van der Waals surface area contributed by atoms with Crippen molar-refractivity contribution >= 4 is 13.8 Å². The molecule has 0 aliphatic heterocycles. The predicted molar refractivity (Wildman–Crippen MR) is 95.7 cm³/mol. The van der Waals surface area contributed by atoms with Crippen LogP contribution in [-0.2, 0) is 0 Å². The lowest BCUT2D eigenvalue weighted by Gasteiger charge is -2.03. The minimum atomic E-state index is -1.52. The molecule has 0 N–H and O–H groups in total.